The number of benzene rings is 1. The molecule has 0 amide bonds. The van der Waals surface area contributed by atoms with Gasteiger partial charge in [0, 0.05) is 51.9 Å². The molecule has 0 N–H and O–H groups in total. The van der Waals surface area contributed by atoms with Gasteiger partial charge in [0.15, 0.2) is 0 Å². The van der Waals surface area contributed by atoms with Crippen molar-refractivity contribution in [1.29, 1.82) is 5.26 Å². The highest BCUT2D eigenvalue weighted by atomic mass is 16.5. The molecule has 2 saturated heterocycles. The van der Waals surface area contributed by atoms with Gasteiger partial charge in [-0.1, -0.05) is 30.3 Å². The minimum atomic E-state index is -0.122. The quantitative estimate of drug-likeness (QED) is 0.821. The van der Waals surface area contributed by atoms with Crippen LogP contribution < -0.4 is 0 Å². The summed E-state index contributed by atoms with van der Waals surface area (Å²) < 4.78 is 5.43. The Hall–Kier alpha value is -1.45. The lowest BCUT2D eigenvalue weighted by atomic mass is 10.1. The van der Waals surface area contributed by atoms with Gasteiger partial charge < -0.3 is 4.74 Å². The highest BCUT2D eigenvalue weighted by Gasteiger charge is 2.27. The van der Waals surface area contributed by atoms with Crippen LogP contribution in [0, 0.1) is 11.3 Å². The molecular formula is C19H28N4O. The van der Waals surface area contributed by atoms with Crippen molar-refractivity contribution in [3.05, 3.63) is 35.9 Å². The first-order valence-corrected chi connectivity index (χ1v) is 9.00. The van der Waals surface area contributed by atoms with Gasteiger partial charge in [0.25, 0.3) is 0 Å². The van der Waals surface area contributed by atoms with Gasteiger partial charge in [-0.25, -0.2) is 0 Å². The van der Waals surface area contributed by atoms with Crippen LogP contribution in [0.3, 0.4) is 0 Å². The third-order valence-electron chi connectivity index (χ3n) is 5.20. The van der Waals surface area contributed by atoms with Gasteiger partial charge in [0.2, 0.25) is 0 Å². The topological polar surface area (TPSA) is 42.7 Å². The SMILES string of the molecule is C[C@H](CN1CCOCC1)N1CCN([C@@H](C#N)c2ccccc2)CC1. The standard InChI is InChI=1S/C19H28N4O/c1-17(16-21-11-13-24-14-12-21)22-7-9-23(10-8-22)19(15-20)18-5-3-2-4-6-18/h2-6,17,19H,7-14,16H2,1H3/t17-,19+/m1/s1. The second-order valence-corrected chi connectivity index (χ2v) is 6.78. The maximum absolute atomic E-state index is 9.60. The van der Waals surface area contributed by atoms with Crippen LogP contribution in [0.15, 0.2) is 30.3 Å². The maximum atomic E-state index is 9.60. The molecular weight excluding hydrogens is 300 g/mol. The molecule has 1 aromatic rings. The predicted molar refractivity (Wildman–Crippen MR) is 94.7 cm³/mol. The Labute approximate surface area is 145 Å². The number of hydrogen-bond acceptors (Lipinski definition) is 5. The Morgan fingerprint density at radius 2 is 1.62 bits per heavy atom. The highest BCUT2D eigenvalue weighted by molar-refractivity contribution is 5.24. The summed E-state index contributed by atoms with van der Waals surface area (Å²) in [4.78, 5) is 7.38. The van der Waals surface area contributed by atoms with E-state index in [1.54, 1.807) is 0 Å². The van der Waals surface area contributed by atoms with Crippen molar-refractivity contribution in [2.45, 2.75) is 19.0 Å². The number of ether oxygens (including phenoxy) is 1. The first-order chi connectivity index (χ1) is 11.8. The molecule has 0 radical (unpaired) electrons. The van der Waals surface area contributed by atoms with Gasteiger partial charge in [-0.2, -0.15) is 5.26 Å². The summed E-state index contributed by atoms with van der Waals surface area (Å²) >= 11 is 0. The highest BCUT2D eigenvalue weighted by Crippen LogP contribution is 2.22. The van der Waals surface area contributed by atoms with Crippen LogP contribution in [0.4, 0.5) is 0 Å². The molecule has 5 nitrogen and oxygen atoms in total. The average Bonchev–Trinajstić information content (AvgIpc) is 2.65. The molecule has 2 aliphatic rings. The van der Waals surface area contributed by atoms with Crippen molar-refractivity contribution in [2.24, 2.45) is 0 Å². The lowest BCUT2D eigenvalue weighted by molar-refractivity contribution is 0.0159. The fourth-order valence-electron chi connectivity index (χ4n) is 3.71. The maximum Gasteiger partial charge on any atom is 0.123 e. The second kappa shape index (κ2) is 8.59. The van der Waals surface area contributed by atoms with Crippen LogP contribution in [-0.2, 0) is 4.74 Å². The summed E-state index contributed by atoms with van der Waals surface area (Å²) in [6, 6.07) is 13.1. The Kier molecular flexibility index (Phi) is 6.22. The lowest BCUT2D eigenvalue weighted by Crippen LogP contribution is -2.53. The van der Waals surface area contributed by atoms with Crippen molar-refractivity contribution >= 4 is 0 Å². The Morgan fingerprint density at radius 3 is 2.25 bits per heavy atom. The fraction of sp³-hybridized carbons (Fsp3) is 0.632. The van der Waals surface area contributed by atoms with Crippen molar-refractivity contribution in [1.82, 2.24) is 14.7 Å². The second-order valence-electron chi connectivity index (χ2n) is 6.78. The van der Waals surface area contributed by atoms with E-state index in [9.17, 15) is 5.26 Å². The van der Waals surface area contributed by atoms with E-state index in [-0.39, 0.29) is 6.04 Å². The van der Waals surface area contributed by atoms with Gasteiger partial charge in [0.1, 0.15) is 6.04 Å². The number of rotatable bonds is 5. The van der Waals surface area contributed by atoms with E-state index in [0.29, 0.717) is 6.04 Å². The number of piperazine rings is 1. The monoisotopic (exact) mass is 328 g/mol. The van der Waals surface area contributed by atoms with Gasteiger partial charge >= 0.3 is 0 Å². The fourth-order valence-corrected chi connectivity index (χ4v) is 3.71. The van der Waals surface area contributed by atoms with Crippen molar-refractivity contribution in [3.8, 4) is 6.07 Å². The molecule has 2 fully saturated rings. The number of hydrogen-bond donors (Lipinski definition) is 0. The zero-order chi connectivity index (χ0) is 16.8. The van der Waals surface area contributed by atoms with Crippen LogP contribution in [-0.4, -0.2) is 79.8 Å². The molecule has 24 heavy (non-hydrogen) atoms. The molecule has 0 saturated carbocycles. The van der Waals surface area contributed by atoms with E-state index < -0.39 is 0 Å². The Bertz CT molecular complexity index is 530. The minimum absolute atomic E-state index is 0.122. The normalized spacial score (nSPS) is 23.5. The smallest absolute Gasteiger partial charge is 0.123 e. The molecule has 0 aliphatic carbocycles. The summed E-state index contributed by atoms with van der Waals surface area (Å²) in [6.45, 7) is 11.3. The number of morpholine rings is 1. The summed E-state index contributed by atoms with van der Waals surface area (Å²) in [7, 11) is 0. The molecule has 2 aliphatic heterocycles. The molecule has 0 unspecified atom stereocenters. The molecule has 1 aromatic carbocycles. The first-order valence-electron chi connectivity index (χ1n) is 9.00. The number of nitriles is 1. The van der Waals surface area contributed by atoms with Gasteiger partial charge in [-0.05, 0) is 12.5 Å². The lowest BCUT2D eigenvalue weighted by Gasteiger charge is -2.41. The Morgan fingerprint density at radius 1 is 1.00 bits per heavy atom. The first kappa shape index (κ1) is 17.4. The molecule has 2 heterocycles. The summed E-state index contributed by atoms with van der Waals surface area (Å²) in [6.07, 6.45) is 0. The minimum Gasteiger partial charge on any atom is -0.379 e. The molecule has 5 heteroatoms. The molecule has 3 rings (SSSR count). The van der Waals surface area contributed by atoms with E-state index >= 15 is 0 Å². The third kappa shape index (κ3) is 4.34. The van der Waals surface area contributed by atoms with Crippen LogP contribution in [0.2, 0.25) is 0 Å². The molecule has 130 valence electrons. The van der Waals surface area contributed by atoms with Gasteiger partial charge in [0.05, 0.1) is 19.3 Å². The zero-order valence-electron chi connectivity index (χ0n) is 14.6. The van der Waals surface area contributed by atoms with E-state index in [0.717, 1.165) is 64.6 Å². The van der Waals surface area contributed by atoms with Gasteiger partial charge in [-0.15, -0.1) is 0 Å². The summed E-state index contributed by atoms with van der Waals surface area (Å²) in [5.74, 6) is 0. The van der Waals surface area contributed by atoms with Crippen LogP contribution in [0.1, 0.15) is 18.5 Å². The van der Waals surface area contributed by atoms with Crippen LogP contribution in [0.25, 0.3) is 0 Å². The van der Waals surface area contributed by atoms with E-state index in [4.69, 9.17) is 4.74 Å². The molecule has 0 aromatic heterocycles. The summed E-state index contributed by atoms with van der Waals surface area (Å²) in [5.41, 5.74) is 1.11. The van der Waals surface area contributed by atoms with Crippen LogP contribution >= 0.6 is 0 Å². The zero-order valence-corrected chi connectivity index (χ0v) is 14.6. The average molecular weight is 328 g/mol. The third-order valence-corrected chi connectivity index (χ3v) is 5.20. The molecule has 0 bridgehead atoms. The molecule has 2 atom stereocenters. The van der Waals surface area contributed by atoms with E-state index in [1.165, 1.54) is 0 Å². The van der Waals surface area contributed by atoms with E-state index in [1.807, 2.05) is 18.2 Å². The van der Waals surface area contributed by atoms with Crippen LogP contribution in [0.5, 0.6) is 0 Å². The van der Waals surface area contributed by atoms with Crippen molar-refractivity contribution in [3.63, 3.8) is 0 Å². The summed E-state index contributed by atoms with van der Waals surface area (Å²) in [5, 5.41) is 9.60. The van der Waals surface area contributed by atoms with E-state index in [2.05, 4.69) is 39.8 Å². The van der Waals surface area contributed by atoms with Crippen molar-refractivity contribution in [2.75, 3.05) is 59.0 Å². The van der Waals surface area contributed by atoms with Gasteiger partial charge in [-0.3, -0.25) is 14.7 Å². The predicted octanol–water partition coefficient (Wildman–Crippen LogP) is 1.59. The Balaban J connectivity index is 1.50. The van der Waals surface area contributed by atoms with Crippen molar-refractivity contribution < 1.29 is 4.74 Å². The number of nitrogens with zero attached hydrogens (tertiary/aromatic N) is 4. The largest absolute Gasteiger partial charge is 0.379 e. The molecule has 0 spiro atoms.